The van der Waals surface area contributed by atoms with Crippen LogP contribution in [0.5, 0.6) is 6.01 Å². The quantitative estimate of drug-likeness (QED) is 0.301. The molecule has 3 heterocycles. The number of benzene rings is 2. The predicted molar refractivity (Wildman–Crippen MR) is 166 cm³/mol. The van der Waals surface area contributed by atoms with Crippen LogP contribution >= 0.6 is 11.6 Å². The summed E-state index contributed by atoms with van der Waals surface area (Å²) in [7, 11) is 4.13. The van der Waals surface area contributed by atoms with E-state index in [-0.39, 0.29) is 31.1 Å². The van der Waals surface area contributed by atoms with Gasteiger partial charge in [0.15, 0.2) is 5.83 Å². The van der Waals surface area contributed by atoms with E-state index in [0.717, 1.165) is 47.0 Å². The fraction of sp³-hybridized carbons (Fsp3) is 0.455. The molecule has 0 bridgehead atoms. The molecule has 44 heavy (non-hydrogen) atoms. The molecule has 1 aliphatic carbocycles. The van der Waals surface area contributed by atoms with Crippen molar-refractivity contribution in [3.8, 4) is 12.1 Å². The van der Waals surface area contributed by atoms with Gasteiger partial charge >= 0.3 is 6.01 Å². The van der Waals surface area contributed by atoms with Gasteiger partial charge in [0.25, 0.3) is 5.91 Å². The number of ether oxygens (including phenoxy) is 2. The Morgan fingerprint density at radius 3 is 2.73 bits per heavy atom. The van der Waals surface area contributed by atoms with Crippen molar-refractivity contribution in [1.82, 2.24) is 19.8 Å². The van der Waals surface area contributed by atoms with E-state index in [1.54, 1.807) is 0 Å². The van der Waals surface area contributed by atoms with E-state index >= 15 is 0 Å². The van der Waals surface area contributed by atoms with Crippen LogP contribution in [0.1, 0.15) is 42.2 Å². The van der Waals surface area contributed by atoms with E-state index in [9.17, 15) is 14.4 Å². The van der Waals surface area contributed by atoms with Gasteiger partial charge in [0, 0.05) is 54.0 Å². The summed E-state index contributed by atoms with van der Waals surface area (Å²) >= 11 is 6.66. The second-order valence-electron chi connectivity index (χ2n) is 12.3. The minimum absolute atomic E-state index is 0.0552. The maximum absolute atomic E-state index is 13.8. The van der Waals surface area contributed by atoms with Gasteiger partial charge in [-0.2, -0.15) is 15.2 Å². The lowest BCUT2D eigenvalue weighted by Gasteiger charge is -2.42. The molecule has 1 unspecified atom stereocenters. The number of nitrogens with zero attached hydrogens (tertiary/aromatic N) is 6. The van der Waals surface area contributed by atoms with Gasteiger partial charge in [-0.05, 0) is 44.0 Å². The third-order valence-electron chi connectivity index (χ3n) is 8.81. The zero-order valence-electron chi connectivity index (χ0n) is 25.1. The van der Waals surface area contributed by atoms with E-state index in [1.807, 2.05) is 41.3 Å². The Morgan fingerprint density at radius 2 is 2.02 bits per heavy atom. The Labute approximate surface area is 261 Å². The van der Waals surface area contributed by atoms with E-state index in [4.69, 9.17) is 31.0 Å². The van der Waals surface area contributed by atoms with Crippen molar-refractivity contribution in [1.29, 1.82) is 5.26 Å². The summed E-state index contributed by atoms with van der Waals surface area (Å²) in [5, 5.41) is 12.2. The summed E-state index contributed by atoms with van der Waals surface area (Å²) in [4.78, 5) is 27.9. The maximum atomic E-state index is 13.8. The number of anilines is 1. The van der Waals surface area contributed by atoms with E-state index < -0.39 is 17.8 Å². The summed E-state index contributed by atoms with van der Waals surface area (Å²) in [5.41, 5.74) is 2.76. The molecule has 1 saturated carbocycles. The topological polar surface area (TPSA) is 94.8 Å². The number of halogens is 2. The molecule has 3 aromatic rings. The first-order valence-corrected chi connectivity index (χ1v) is 15.3. The lowest BCUT2D eigenvalue weighted by Crippen LogP contribution is -2.55. The largest absolute Gasteiger partial charge is 0.463 e. The summed E-state index contributed by atoms with van der Waals surface area (Å²) in [6.07, 6.45) is 2.45. The summed E-state index contributed by atoms with van der Waals surface area (Å²) in [5.74, 6) is -1.16. The van der Waals surface area contributed by atoms with Gasteiger partial charge in [0.1, 0.15) is 5.82 Å². The minimum Gasteiger partial charge on any atom is -0.463 e. The molecule has 0 radical (unpaired) electrons. The fourth-order valence-electron chi connectivity index (χ4n) is 6.51. The normalized spacial score (nSPS) is 20.7. The number of nitriles is 1. The van der Waals surface area contributed by atoms with Crippen molar-refractivity contribution in [3.05, 3.63) is 70.6 Å². The molecule has 230 valence electrons. The second-order valence-corrected chi connectivity index (χ2v) is 12.7. The molecular formula is C33H36ClFN6O3. The van der Waals surface area contributed by atoms with Crippen molar-refractivity contribution in [2.24, 2.45) is 5.41 Å². The molecule has 2 atom stereocenters. The van der Waals surface area contributed by atoms with Gasteiger partial charge in [-0.25, -0.2) is 4.39 Å². The molecule has 0 spiro atoms. The van der Waals surface area contributed by atoms with Crippen molar-refractivity contribution < 1.29 is 18.7 Å². The van der Waals surface area contributed by atoms with Crippen LogP contribution in [0.3, 0.4) is 0 Å². The van der Waals surface area contributed by atoms with Crippen LogP contribution in [0.2, 0.25) is 5.02 Å². The van der Waals surface area contributed by atoms with E-state index in [1.165, 1.54) is 4.90 Å². The van der Waals surface area contributed by atoms with Crippen molar-refractivity contribution in [2.45, 2.75) is 44.4 Å². The second kappa shape index (κ2) is 12.3. The highest BCUT2D eigenvalue weighted by Gasteiger charge is 2.44. The van der Waals surface area contributed by atoms with Gasteiger partial charge in [-0.15, -0.1) is 0 Å². The molecule has 2 fully saturated rings. The number of fused-ring (bicyclic) bond motifs is 2. The van der Waals surface area contributed by atoms with Crippen LogP contribution < -0.4 is 9.64 Å². The third-order valence-corrected chi connectivity index (χ3v) is 9.12. The Balaban J connectivity index is 1.34. The molecule has 2 aromatic carbocycles. The Kier molecular flexibility index (Phi) is 8.46. The van der Waals surface area contributed by atoms with Crippen LogP contribution in [0.4, 0.5) is 10.2 Å². The van der Waals surface area contributed by atoms with Gasteiger partial charge < -0.3 is 24.2 Å². The molecule has 1 amide bonds. The van der Waals surface area contributed by atoms with Crippen LogP contribution in [0, 0.1) is 16.7 Å². The number of carbonyl (C=O) groups excluding carboxylic acids is 1. The molecule has 9 nitrogen and oxygen atoms in total. The monoisotopic (exact) mass is 618 g/mol. The summed E-state index contributed by atoms with van der Waals surface area (Å²) < 4.78 is 26.6. The number of piperazine rings is 1. The lowest BCUT2D eigenvalue weighted by atomic mass is 9.94. The predicted octanol–water partition coefficient (Wildman–Crippen LogP) is 5.23. The highest BCUT2D eigenvalue weighted by atomic mass is 35.5. The molecule has 3 aliphatic rings. The zero-order chi connectivity index (χ0) is 31.0. The van der Waals surface area contributed by atoms with Gasteiger partial charge in [-0.3, -0.25) is 4.79 Å². The third kappa shape index (κ3) is 6.09. The fourth-order valence-corrected chi connectivity index (χ4v) is 6.80. The first-order valence-electron chi connectivity index (χ1n) is 14.9. The molecule has 1 saturated heterocycles. The standard InChI is InChI=1S/C33H36ClFN6O3/c1-21(35)31(42)41-15-14-40(17-23(41)10-13-36)30-25-18-43-28(24-8-4-6-22-7-5-9-26(34)29(22)24)16-27(25)37-32(38-30)44-20-33(11-12-33)19-39(2)3/h4-9,23,28H,1,10-12,14-20H2,2-3H3/t23-,28?/m0/s1. The average Bonchev–Trinajstić information content (AvgIpc) is 3.77. The molecule has 6 rings (SSSR count). The zero-order valence-corrected chi connectivity index (χ0v) is 25.8. The van der Waals surface area contributed by atoms with Crippen LogP contribution in [0.25, 0.3) is 10.8 Å². The molecule has 2 aliphatic heterocycles. The molecule has 0 N–H and O–H groups in total. The number of hydrogen-bond donors (Lipinski definition) is 0. The highest BCUT2D eigenvalue weighted by molar-refractivity contribution is 6.35. The van der Waals surface area contributed by atoms with E-state index in [2.05, 4.69) is 31.6 Å². The summed E-state index contributed by atoms with van der Waals surface area (Å²) in [6, 6.07) is 13.9. The Hall–Kier alpha value is -3.78. The van der Waals surface area contributed by atoms with E-state index in [0.29, 0.717) is 43.0 Å². The number of carbonyl (C=O) groups is 1. The van der Waals surface area contributed by atoms with Crippen LogP contribution in [-0.2, 0) is 22.6 Å². The first kappa shape index (κ1) is 30.3. The Bertz CT molecular complexity index is 1630. The number of amides is 1. The average molecular weight is 619 g/mol. The summed E-state index contributed by atoms with van der Waals surface area (Å²) in [6.45, 7) is 5.82. The van der Waals surface area contributed by atoms with Crippen molar-refractivity contribution >= 4 is 34.1 Å². The highest BCUT2D eigenvalue weighted by Crippen LogP contribution is 2.46. The number of aromatic nitrogens is 2. The van der Waals surface area contributed by atoms with Gasteiger partial charge in [0.2, 0.25) is 0 Å². The maximum Gasteiger partial charge on any atom is 0.318 e. The first-order chi connectivity index (χ1) is 21.2. The Morgan fingerprint density at radius 1 is 1.25 bits per heavy atom. The van der Waals surface area contributed by atoms with Crippen molar-refractivity contribution in [3.63, 3.8) is 0 Å². The number of rotatable bonds is 9. The van der Waals surface area contributed by atoms with Gasteiger partial charge in [-0.1, -0.05) is 48.5 Å². The van der Waals surface area contributed by atoms with Crippen LogP contribution in [-0.4, -0.2) is 78.6 Å². The minimum atomic E-state index is -1.03. The number of hydrogen-bond acceptors (Lipinski definition) is 8. The lowest BCUT2D eigenvalue weighted by molar-refractivity contribution is -0.131. The molecule has 1 aromatic heterocycles. The smallest absolute Gasteiger partial charge is 0.318 e. The SMILES string of the molecule is C=C(F)C(=O)N1CCN(c2nc(OCC3(CN(C)C)CC3)nc3c2COC(c2cccc4cccc(Cl)c24)C3)C[C@@H]1CC#N. The molecular weight excluding hydrogens is 583 g/mol. The molecule has 11 heteroatoms. The van der Waals surface area contributed by atoms with Crippen molar-refractivity contribution in [2.75, 3.05) is 51.8 Å². The van der Waals surface area contributed by atoms with Crippen LogP contribution in [0.15, 0.2) is 48.8 Å². The van der Waals surface area contributed by atoms with Gasteiger partial charge in [0.05, 0.1) is 43.5 Å².